The molecule has 3 heteroatoms. The van der Waals surface area contributed by atoms with Crippen LogP contribution in [0.25, 0.3) is 0 Å². The minimum absolute atomic E-state index is 0.605. The third kappa shape index (κ3) is 3.68. The molecule has 14 heavy (non-hydrogen) atoms. The highest BCUT2D eigenvalue weighted by atomic mass is 32.1. The Morgan fingerprint density at radius 2 is 2.29 bits per heavy atom. The van der Waals surface area contributed by atoms with E-state index in [2.05, 4.69) is 25.2 Å². The first kappa shape index (κ1) is 11.5. The highest BCUT2D eigenvalue weighted by Crippen LogP contribution is 2.23. The van der Waals surface area contributed by atoms with Crippen LogP contribution in [0.2, 0.25) is 0 Å². The van der Waals surface area contributed by atoms with Gasteiger partial charge in [-0.25, -0.2) is 0 Å². The highest BCUT2D eigenvalue weighted by Gasteiger charge is 2.02. The van der Waals surface area contributed by atoms with Crippen LogP contribution in [0.4, 0.5) is 0 Å². The summed E-state index contributed by atoms with van der Waals surface area (Å²) in [6, 6.07) is 4.74. The van der Waals surface area contributed by atoms with E-state index in [1.165, 1.54) is 17.7 Å². The average molecular weight is 213 g/mol. The van der Waals surface area contributed by atoms with Gasteiger partial charge in [-0.05, 0) is 25.5 Å². The predicted octanol–water partition coefficient (Wildman–Crippen LogP) is 3.03. The van der Waals surface area contributed by atoms with E-state index >= 15 is 0 Å². The molecule has 0 saturated heterocycles. The molecule has 0 saturated carbocycles. The topological polar surface area (TPSA) is 21.3 Å². The molecule has 1 atom stereocenters. The summed E-state index contributed by atoms with van der Waals surface area (Å²) in [4.78, 5) is 1.34. The van der Waals surface area contributed by atoms with Crippen LogP contribution in [-0.2, 0) is 6.54 Å². The Morgan fingerprint density at radius 3 is 2.86 bits per heavy atom. The van der Waals surface area contributed by atoms with Crippen LogP contribution < -0.4 is 10.1 Å². The summed E-state index contributed by atoms with van der Waals surface area (Å²) >= 11 is 1.71. The van der Waals surface area contributed by atoms with Crippen molar-refractivity contribution in [3.63, 3.8) is 0 Å². The van der Waals surface area contributed by atoms with Crippen molar-refractivity contribution >= 4 is 11.3 Å². The second kappa shape index (κ2) is 6.04. The van der Waals surface area contributed by atoms with E-state index in [9.17, 15) is 0 Å². The van der Waals surface area contributed by atoms with Crippen molar-refractivity contribution < 1.29 is 4.74 Å². The molecule has 0 fully saturated rings. The van der Waals surface area contributed by atoms with Crippen molar-refractivity contribution in [3.05, 3.63) is 17.0 Å². The molecule has 0 amide bonds. The van der Waals surface area contributed by atoms with Crippen LogP contribution in [0.1, 0.15) is 31.6 Å². The average Bonchev–Trinajstić information content (AvgIpc) is 2.63. The normalized spacial score (nSPS) is 12.8. The first-order valence-electron chi connectivity index (χ1n) is 5.12. The van der Waals surface area contributed by atoms with Gasteiger partial charge in [0.05, 0.1) is 7.11 Å². The van der Waals surface area contributed by atoms with Gasteiger partial charge in [0.1, 0.15) is 0 Å². The van der Waals surface area contributed by atoms with Gasteiger partial charge >= 0.3 is 0 Å². The standard InChI is InChI=1S/C11H19NOS/c1-4-5-9(2)12-8-10-6-7-11(13-3)14-10/h6-7,9,12H,4-5,8H2,1-3H3. The van der Waals surface area contributed by atoms with E-state index in [0.717, 1.165) is 11.6 Å². The predicted molar refractivity (Wildman–Crippen MR) is 62.1 cm³/mol. The lowest BCUT2D eigenvalue weighted by Gasteiger charge is -2.10. The first-order valence-corrected chi connectivity index (χ1v) is 5.94. The lowest BCUT2D eigenvalue weighted by atomic mass is 10.2. The van der Waals surface area contributed by atoms with E-state index in [-0.39, 0.29) is 0 Å². The van der Waals surface area contributed by atoms with Crippen LogP contribution in [-0.4, -0.2) is 13.2 Å². The molecule has 0 aliphatic carbocycles. The maximum atomic E-state index is 5.14. The molecule has 0 spiro atoms. The molecule has 0 radical (unpaired) electrons. The van der Waals surface area contributed by atoms with Gasteiger partial charge in [0, 0.05) is 17.5 Å². The van der Waals surface area contributed by atoms with E-state index in [4.69, 9.17) is 4.74 Å². The van der Waals surface area contributed by atoms with Gasteiger partial charge in [0.25, 0.3) is 0 Å². The Hall–Kier alpha value is -0.540. The maximum Gasteiger partial charge on any atom is 0.173 e. The summed E-state index contributed by atoms with van der Waals surface area (Å²) in [5.41, 5.74) is 0. The summed E-state index contributed by atoms with van der Waals surface area (Å²) in [5.74, 6) is 0. The lowest BCUT2D eigenvalue weighted by Crippen LogP contribution is -2.24. The van der Waals surface area contributed by atoms with E-state index in [1.807, 2.05) is 6.07 Å². The largest absolute Gasteiger partial charge is 0.487 e. The monoisotopic (exact) mass is 213 g/mol. The van der Waals surface area contributed by atoms with Crippen molar-refractivity contribution in [2.45, 2.75) is 39.3 Å². The highest BCUT2D eigenvalue weighted by molar-refractivity contribution is 7.13. The van der Waals surface area contributed by atoms with Crippen molar-refractivity contribution in [2.24, 2.45) is 0 Å². The second-order valence-electron chi connectivity index (χ2n) is 3.50. The molecule has 0 bridgehead atoms. The summed E-state index contributed by atoms with van der Waals surface area (Å²) < 4.78 is 5.14. The molecule has 2 nitrogen and oxygen atoms in total. The number of thiophene rings is 1. The summed E-state index contributed by atoms with van der Waals surface area (Å²) in [7, 11) is 1.71. The Labute approximate surface area is 90.3 Å². The van der Waals surface area contributed by atoms with E-state index < -0.39 is 0 Å². The van der Waals surface area contributed by atoms with Crippen molar-refractivity contribution in [1.82, 2.24) is 5.32 Å². The zero-order valence-corrected chi connectivity index (χ0v) is 9.99. The molecular formula is C11H19NOS. The Balaban J connectivity index is 2.30. The van der Waals surface area contributed by atoms with Crippen molar-refractivity contribution in [1.29, 1.82) is 0 Å². The molecule has 1 N–H and O–H groups in total. The molecule has 1 heterocycles. The number of hydrogen-bond acceptors (Lipinski definition) is 3. The zero-order chi connectivity index (χ0) is 10.4. The molecule has 1 rings (SSSR count). The molecule has 1 aromatic rings. The lowest BCUT2D eigenvalue weighted by molar-refractivity contribution is 0.427. The van der Waals surface area contributed by atoms with E-state index in [1.54, 1.807) is 18.4 Å². The van der Waals surface area contributed by atoms with Crippen LogP contribution in [0, 0.1) is 0 Å². The third-order valence-electron chi connectivity index (χ3n) is 2.18. The Kier molecular flexibility index (Phi) is 4.98. The van der Waals surface area contributed by atoms with Crippen molar-refractivity contribution in [3.8, 4) is 5.06 Å². The Bertz CT molecular complexity index is 260. The van der Waals surface area contributed by atoms with Crippen LogP contribution in [0.3, 0.4) is 0 Å². The fourth-order valence-corrected chi connectivity index (χ4v) is 2.14. The minimum atomic E-state index is 0.605. The molecule has 0 aromatic carbocycles. The molecule has 0 aliphatic heterocycles. The molecule has 1 unspecified atom stereocenters. The second-order valence-corrected chi connectivity index (χ2v) is 4.63. The third-order valence-corrected chi connectivity index (χ3v) is 3.23. The van der Waals surface area contributed by atoms with Gasteiger partial charge in [0.15, 0.2) is 5.06 Å². The van der Waals surface area contributed by atoms with Gasteiger partial charge < -0.3 is 10.1 Å². The molecule has 80 valence electrons. The quantitative estimate of drug-likeness (QED) is 0.784. The molecule has 0 aliphatic rings. The van der Waals surface area contributed by atoms with E-state index in [0.29, 0.717) is 6.04 Å². The van der Waals surface area contributed by atoms with Gasteiger partial charge in [-0.1, -0.05) is 13.3 Å². The first-order chi connectivity index (χ1) is 6.76. The summed E-state index contributed by atoms with van der Waals surface area (Å²) in [6.07, 6.45) is 2.48. The van der Waals surface area contributed by atoms with Crippen molar-refractivity contribution in [2.75, 3.05) is 7.11 Å². The van der Waals surface area contributed by atoms with Gasteiger partial charge in [0.2, 0.25) is 0 Å². The number of rotatable bonds is 6. The summed E-state index contributed by atoms with van der Waals surface area (Å²) in [5, 5.41) is 4.48. The zero-order valence-electron chi connectivity index (χ0n) is 9.17. The Morgan fingerprint density at radius 1 is 1.50 bits per heavy atom. The molecule has 1 aromatic heterocycles. The minimum Gasteiger partial charge on any atom is -0.487 e. The SMILES string of the molecule is CCCC(C)NCc1ccc(OC)s1. The van der Waals surface area contributed by atoms with Gasteiger partial charge in [-0.2, -0.15) is 0 Å². The fourth-order valence-electron chi connectivity index (χ4n) is 1.37. The summed E-state index contributed by atoms with van der Waals surface area (Å²) in [6.45, 7) is 5.40. The van der Waals surface area contributed by atoms with Crippen LogP contribution in [0.5, 0.6) is 5.06 Å². The van der Waals surface area contributed by atoms with Crippen LogP contribution >= 0.6 is 11.3 Å². The smallest absolute Gasteiger partial charge is 0.173 e. The number of methoxy groups -OCH3 is 1. The maximum absolute atomic E-state index is 5.14. The number of hydrogen-bond donors (Lipinski definition) is 1. The van der Waals surface area contributed by atoms with Crippen LogP contribution in [0.15, 0.2) is 12.1 Å². The fraction of sp³-hybridized carbons (Fsp3) is 0.636. The van der Waals surface area contributed by atoms with Gasteiger partial charge in [-0.15, -0.1) is 11.3 Å². The number of ether oxygens (including phenoxy) is 1. The number of nitrogens with one attached hydrogen (secondary N) is 1. The van der Waals surface area contributed by atoms with Gasteiger partial charge in [-0.3, -0.25) is 0 Å². The molecular weight excluding hydrogens is 194 g/mol.